The van der Waals surface area contributed by atoms with E-state index in [-0.39, 0.29) is 5.91 Å². The molecule has 88 valence electrons. The van der Waals surface area contributed by atoms with Crippen LogP contribution < -0.4 is 5.73 Å². The summed E-state index contributed by atoms with van der Waals surface area (Å²) < 4.78 is 5.46. The number of hydrogen-bond donors (Lipinski definition) is 1. The summed E-state index contributed by atoms with van der Waals surface area (Å²) in [4.78, 5) is 13.5. The minimum absolute atomic E-state index is 0.387. The fourth-order valence-corrected chi connectivity index (χ4v) is 2.54. The van der Waals surface area contributed by atoms with Crippen molar-refractivity contribution in [3.05, 3.63) is 22.4 Å². The topological polar surface area (TPSA) is 55.6 Å². The molecule has 0 bridgehead atoms. The van der Waals surface area contributed by atoms with Crippen LogP contribution in [0, 0.1) is 0 Å². The van der Waals surface area contributed by atoms with Gasteiger partial charge in [0.2, 0.25) is 0 Å². The Labute approximate surface area is 99.0 Å². The molecule has 5 heteroatoms. The van der Waals surface area contributed by atoms with Gasteiger partial charge in [-0.25, -0.2) is 0 Å². The van der Waals surface area contributed by atoms with Crippen molar-refractivity contribution in [2.75, 3.05) is 19.7 Å². The third-order valence-electron chi connectivity index (χ3n) is 2.86. The van der Waals surface area contributed by atoms with Gasteiger partial charge in [-0.3, -0.25) is 9.69 Å². The van der Waals surface area contributed by atoms with Gasteiger partial charge in [-0.1, -0.05) is 0 Å². The zero-order valence-electron chi connectivity index (χ0n) is 9.31. The summed E-state index contributed by atoms with van der Waals surface area (Å²) in [5.41, 5.74) is 5.79. The second-order valence-electron chi connectivity index (χ2n) is 4.29. The van der Waals surface area contributed by atoms with E-state index in [0.29, 0.717) is 13.2 Å². The fourth-order valence-electron chi connectivity index (χ4n) is 1.88. The molecule has 0 aromatic carbocycles. The number of hydrogen-bond acceptors (Lipinski definition) is 4. The average molecular weight is 240 g/mol. The first-order valence-corrected chi connectivity index (χ1v) is 6.22. The smallest absolute Gasteiger partial charge is 0.250 e. The lowest BCUT2D eigenvalue weighted by molar-refractivity contribution is -0.153. The van der Waals surface area contributed by atoms with E-state index in [1.165, 1.54) is 5.56 Å². The molecule has 1 aliphatic rings. The predicted octanol–water partition coefficient (Wildman–Crippen LogP) is 0.824. The Bertz CT molecular complexity index is 366. The Kier molecular flexibility index (Phi) is 3.28. The summed E-state index contributed by atoms with van der Waals surface area (Å²) in [6.45, 7) is 4.59. The maximum absolute atomic E-state index is 11.3. The molecular weight excluding hydrogens is 224 g/mol. The van der Waals surface area contributed by atoms with Crippen LogP contribution in [0.15, 0.2) is 16.8 Å². The van der Waals surface area contributed by atoms with E-state index in [0.717, 1.165) is 13.1 Å². The molecule has 0 aliphatic carbocycles. The maximum atomic E-state index is 11.3. The van der Waals surface area contributed by atoms with Gasteiger partial charge in [0.25, 0.3) is 5.91 Å². The van der Waals surface area contributed by atoms with Gasteiger partial charge in [-0.2, -0.15) is 11.3 Å². The van der Waals surface area contributed by atoms with Crippen LogP contribution in [0.4, 0.5) is 0 Å². The molecule has 1 aromatic rings. The molecule has 1 saturated heterocycles. The molecule has 1 aromatic heterocycles. The standard InChI is InChI=1S/C11H16N2O2S/c1-11(10(12)14)8-13(3-4-15-11)6-9-2-5-16-7-9/h2,5,7H,3-4,6,8H2,1H3,(H2,12,14)/t11-/m1/s1. The van der Waals surface area contributed by atoms with Crippen LogP contribution in [0.1, 0.15) is 12.5 Å². The lowest BCUT2D eigenvalue weighted by atomic mass is 10.0. The zero-order chi connectivity index (χ0) is 11.6. The second kappa shape index (κ2) is 4.53. The maximum Gasteiger partial charge on any atom is 0.250 e. The minimum Gasteiger partial charge on any atom is -0.367 e. The fraction of sp³-hybridized carbons (Fsp3) is 0.545. The van der Waals surface area contributed by atoms with Gasteiger partial charge >= 0.3 is 0 Å². The predicted molar refractivity (Wildman–Crippen MR) is 63.1 cm³/mol. The summed E-state index contributed by atoms with van der Waals surface area (Å²) in [5.74, 6) is -0.387. The highest BCUT2D eigenvalue weighted by atomic mass is 32.1. The SMILES string of the molecule is C[C@]1(C(N)=O)CN(Cc2ccsc2)CCO1. The van der Waals surface area contributed by atoms with E-state index in [1.54, 1.807) is 18.3 Å². The van der Waals surface area contributed by atoms with E-state index < -0.39 is 5.60 Å². The van der Waals surface area contributed by atoms with E-state index in [2.05, 4.69) is 21.7 Å². The lowest BCUT2D eigenvalue weighted by Crippen LogP contribution is -2.56. The first kappa shape index (κ1) is 11.6. The van der Waals surface area contributed by atoms with Crippen LogP contribution >= 0.6 is 11.3 Å². The van der Waals surface area contributed by atoms with Crippen molar-refractivity contribution >= 4 is 17.2 Å². The van der Waals surface area contributed by atoms with Gasteiger partial charge < -0.3 is 10.5 Å². The van der Waals surface area contributed by atoms with Crippen LogP contribution in [-0.2, 0) is 16.1 Å². The number of rotatable bonds is 3. The third kappa shape index (κ3) is 2.42. The molecule has 2 heterocycles. The van der Waals surface area contributed by atoms with Crippen LogP contribution in [0.5, 0.6) is 0 Å². The number of carbonyl (C=O) groups is 1. The van der Waals surface area contributed by atoms with E-state index >= 15 is 0 Å². The van der Waals surface area contributed by atoms with Gasteiger partial charge in [-0.15, -0.1) is 0 Å². The van der Waals surface area contributed by atoms with E-state index in [4.69, 9.17) is 10.5 Å². The number of amides is 1. The Morgan fingerprint density at radius 3 is 3.19 bits per heavy atom. The summed E-state index contributed by atoms with van der Waals surface area (Å²) in [6, 6.07) is 2.10. The first-order chi connectivity index (χ1) is 7.60. The molecule has 4 nitrogen and oxygen atoms in total. The molecule has 16 heavy (non-hydrogen) atoms. The number of thiophene rings is 1. The number of primary amides is 1. The van der Waals surface area contributed by atoms with Crippen LogP contribution in [-0.4, -0.2) is 36.1 Å². The Morgan fingerprint density at radius 2 is 2.56 bits per heavy atom. The molecule has 0 radical (unpaired) electrons. The zero-order valence-corrected chi connectivity index (χ0v) is 10.1. The van der Waals surface area contributed by atoms with Crippen molar-refractivity contribution in [1.82, 2.24) is 4.90 Å². The summed E-state index contributed by atoms with van der Waals surface area (Å²) >= 11 is 1.68. The summed E-state index contributed by atoms with van der Waals surface area (Å²) in [7, 11) is 0. The quantitative estimate of drug-likeness (QED) is 0.851. The van der Waals surface area contributed by atoms with Gasteiger partial charge in [0, 0.05) is 19.6 Å². The largest absolute Gasteiger partial charge is 0.367 e. The highest BCUT2D eigenvalue weighted by molar-refractivity contribution is 7.07. The van der Waals surface area contributed by atoms with Gasteiger partial charge in [0.15, 0.2) is 5.60 Å². The first-order valence-electron chi connectivity index (χ1n) is 5.27. The molecule has 1 atom stereocenters. The number of nitrogens with two attached hydrogens (primary N) is 1. The highest BCUT2D eigenvalue weighted by Gasteiger charge is 2.37. The lowest BCUT2D eigenvalue weighted by Gasteiger charge is -2.38. The summed E-state index contributed by atoms with van der Waals surface area (Å²) in [6.07, 6.45) is 0. The van der Waals surface area contributed by atoms with Crippen LogP contribution in [0.2, 0.25) is 0 Å². The van der Waals surface area contributed by atoms with Gasteiger partial charge in [-0.05, 0) is 29.3 Å². The number of morpholine rings is 1. The molecule has 2 rings (SSSR count). The molecule has 0 unspecified atom stereocenters. The minimum atomic E-state index is -0.839. The van der Waals surface area contributed by atoms with Crippen molar-refractivity contribution in [2.45, 2.75) is 19.1 Å². The summed E-state index contributed by atoms with van der Waals surface area (Å²) in [5, 5.41) is 4.18. The van der Waals surface area contributed by atoms with Crippen molar-refractivity contribution in [2.24, 2.45) is 5.73 Å². The van der Waals surface area contributed by atoms with Crippen LogP contribution in [0.25, 0.3) is 0 Å². The highest BCUT2D eigenvalue weighted by Crippen LogP contribution is 2.19. The Hall–Kier alpha value is -0.910. The van der Waals surface area contributed by atoms with Gasteiger partial charge in [0.05, 0.1) is 6.61 Å². The normalized spacial score (nSPS) is 26.8. The van der Waals surface area contributed by atoms with E-state index in [1.807, 2.05) is 0 Å². The molecule has 1 amide bonds. The Balaban J connectivity index is 1.99. The molecule has 1 aliphatic heterocycles. The Morgan fingerprint density at radius 1 is 1.75 bits per heavy atom. The van der Waals surface area contributed by atoms with Crippen LogP contribution in [0.3, 0.4) is 0 Å². The van der Waals surface area contributed by atoms with Crippen molar-refractivity contribution in [3.8, 4) is 0 Å². The molecule has 1 fully saturated rings. The van der Waals surface area contributed by atoms with Crippen molar-refractivity contribution in [1.29, 1.82) is 0 Å². The molecule has 0 spiro atoms. The second-order valence-corrected chi connectivity index (χ2v) is 5.07. The van der Waals surface area contributed by atoms with Crippen molar-refractivity contribution < 1.29 is 9.53 Å². The van der Waals surface area contributed by atoms with E-state index in [9.17, 15) is 4.79 Å². The average Bonchev–Trinajstić information content (AvgIpc) is 2.70. The third-order valence-corrected chi connectivity index (χ3v) is 3.59. The van der Waals surface area contributed by atoms with Crippen molar-refractivity contribution in [3.63, 3.8) is 0 Å². The van der Waals surface area contributed by atoms with Gasteiger partial charge in [0.1, 0.15) is 0 Å². The number of ether oxygens (including phenoxy) is 1. The number of carbonyl (C=O) groups excluding carboxylic acids is 1. The number of nitrogens with zero attached hydrogens (tertiary/aromatic N) is 1. The molecule has 2 N–H and O–H groups in total. The monoisotopic (exact) mass is 240 g/mol. The molecular formula is C11H16N2O2S. The molecule has 0 saturated carbocycles.